The van der Waals surface area contributed by atoms with Crippen molar-refractivity contribution in [3.05, 3.63) is 54.1 Å². The van der Waals surface area contributed by atoms with Gasteiger partial charge in [0.2, 0.25) is 5.17 Å². The van der Waals surface area contributed by atoms with E-state index in [9.17, 15) is 17.7 Å². The van der Waals surface area contributed by atoms with Crippen molar-refractivity contribution < 1.29 is 17.7 Å². The van der Waals surface area contributed by atoms with Crippen molar-refractivity contribution in [2.24, 2.45) is 9.98 Å². The Labute approximate surface area is 178 Å². The Morgan fingerprint density at radius 1 is 1.13 bits per heavy atom. The maximum Gasteiger partial charge on any atom is 0.416 e. The van der Waals surface area contributed by atoms with Crippen LogP contribution in [-0.2, 0) is 10.7 Å². The van der Waals surface area contributed by atoms with Crippen LogP contribution in [0, 0.1) is 0 Å². The zero-order valence-corrected chi connectivity index (χ0v) is 18.8. The van der Waals surface area contributed by atoms with Gasteiger partial charge in [0.15, 0.2) is 0 Å². The quantitative estimate of drug-likeness (QED) is 0.245. The Bertz CT molecular complexity index is 955. The van der Waals surface area contributed by atoms with Gasteiger partial charge in [-0.3, -0.25) is 0 Å². The molecule has 1 unspecified atom stereocenters. The highest BCUT2D eigenvalue weighted by molar-refractivity contribution is 8.15. The largest absolute Gasteiger partial charge is 0.416 e. The second-order valence-electron chi connectivity index (χ2n) is 6.80. The van der Waals surface area contributed by atoms with E-state index in [1.54, 1.807) is 32.5 Å². The van der Waals surface area contributed by atoms with Crippen molar-refractivity contribution in [2.75, 3.05) is 23.4 Å². The van der Waals surface area contributed by atoms with Crippen LogP contribution < -0.4 is 15.3 Å². The summed E-state index contributed by atoms with van der Waals surface area (Å²) in [5.41, 5.74) is 0.375. The highest BCUT2D eigenvalue weighted by Gasteiger charge is 2.30. The van der Waals surface area contributed by atoms with E-state index < -0.39 is 18.9 Å². The summed E-state index contributed by atoms with van der Waals surface area (Å²) in [5.74, 6) is 0. The zero-order chi connectivity index (χ0) is 22.4. The Hall–Kier alpha value is -2.25. The molecule has 30 heavy (non-hydrogen) atoms. The fourth-order valence-corrected chi connectivity index (χ4v) is 3.99. The lowest BCUT2D eigenvalue weighted by Gasteiger charge is -2.14. The summed E-state index contributed by atoms with van der Waals surface area (Å²) >= 11 is 1.02. The van der Waals surface area contributed by atoms with E-state index in [0.29, 0.717) is 10.9 Å². The lowest BCUT2D eigenvalue weighted by molar-refractivity contribution is -0.137. The van der Waals surface area contributed by atoms with E-state index in [4.69, 9.17) is 0 Å². The molecule has 2 aromatic rings. The number of nitrogens with zero attached hydrogens (tertiary/aromatic N) is 2. The number of aliphatic imine (C=N–C) groups is 2. The van der Waals surface area contributed by atoms with Gasteiger partial charge in [0.25, 0.3) is 0 Å². The summed E-state index contributed by atoms with van der Waals surface area (Å²) in [6, 6.07) is 12.2. The molecule has 0 fully saturated rings. The fourth-order valence-electron chi connectivity index (χ4n) is 2.42. The zero-order valence-electron chi connectivity index (χ0n) is 17.1. The molecule has 0 radical (unpaired) electrons. The number of benzene rings is 2. The standard InChI is InChI=1S/C20H24F3N4OPS/c1-5-24-19(30-27-17-8-6-7-15(13-17)20(21,22)23)26-14(2)25-16-9-11-18(12-10-16)29(3,4)28/h5-14,25,27H,1-4H3/b24-5-,26-19+. The third kappa shape index (κ3) is 7.54. The van der Waals surface area contributed by atoms with Crippen LogP contribution in [0.15, 0.2) is 58.5 Å². The van der Waals surface area contributed by atoms with Gasteiger partial charge < -0.3 is 14.6 Å². The third-order valence-electron chi connectivity index (χ3n) is 3.86. The number of halogens is 3. The van der Waals surface area contributed by atoms with E-state index in [2.05, 4.69) is 20.0 Å². The lowest BCUT2D eigenvalue weighted by Crippen LogP contribution is -2.15. The summed E-state index contributed by atoms with van der Waals surface area (Å²) in [7, 11) is -2.31. The molecule has 0 aliphatic carbocycles. The second kappa shape index (κ2) is 10.2. The van der Waals surface area contributed by atoms with E-state index in [1.807, 2.05) is 31.2 Å². The Morgan fingerprint density at radius 3 is 2.37 bits per heavy atom. The maximum absolute atomic E-state index is 12.9. The van der Waals surface area contributed by atoms with Crippen molar-refractivity contribution in [1.29, 1.82) is 0 Å². The van der Waals surface area contributed by atoms with Crippen molar-refractivity contribution in [1.82, 2.24) is 0 Å². The van der Waals surface area contributed by atoms with E-state index >= 15 is 0 Å². The minimum absolute atomic E-state index is 0.300. The first-order chi connectivity index (χ1) is 14.0. The van der Waals surface area contributed by atoms with E-state index in [0.717, 1.165) is 35.1 Å². The first-order valence-corrected chi connectivity index (χ1v) is 12.5. The number of hydrogen-bond acceptors (Lipinski definition) is 5. The van der Waals surface area contributed by atoms with Gasteiger partial charge >= 0.3 is 6.18 Å². The Kier molecular flexibility index (Phi) is 8.15. The van der Waals surface area contributed by atoms with Gasteiger partial charge in [0.1, 0.15) is 13.3 Å². The van der Waals surface area contributed by atoms with Crippen molar-refractivity contribution >= 4 is 47.2 Å². The first kappa shape index (κ1) is 24.0. The second-order valence-corrected chi connectivity index (χ2v) is 10.8. The van der Waals surface area contributed by atoms with Gasteiger partial charge in [0.05, 0.1) is 5.56 Å². The normalized spacial score (nSPS) is 14.0. The Morgan fingerprint density at radius 2 is 1.80 bits per heavy atom. The molecule has 0 spiro atoms. The van der Waals surface area contributed by atoms with Crippen LogP contribution in [0.2, 0.25) is 0 Å². The molecule has 0 saturated heterocycles. The molecule has 0 amide bonds. The predicted octanol–water partition coefficient (Wildman–Crippen LogP) is 5.92. The molecule has 0 aliphatic rings. The summed E-state index contributed by atoms with van der Waals surface area (Å²) in [4.78, 5) is 8.61. The molecular weight excluding hydrogens is 432 g/mol. The highest BCUT2D eigenvalue weighted by atomic mass is 32.2. The molecule has 0 saturated carbocycles. The third-order valence-corrected chi connectivity index (χ3v) is 6.13. The molecule has 2 rings (SSSR count). The number of anilines is 2. The van der Waals surface area contributed by atoms with Crippen molar-refractivity contribution in [3.8, 4) is 0 Å². The molecule has 2 N–H and O–H groups in total. The molecule has 0 bridgehead atoms. The van der Waals surface area contributed by atoms with Gasteiger partial charge in [-0.15, -0.1) is 0 Å². The van der Waals surface area contributed by atoms with Gasteiger partial charge in [-0.25, -0.2) is 9.98 Å². The minimum atomic E-state index is -4.40. The molecule has 0 heterocycles. The average molecular weight is 456 g/mol. The summed E-state index contributed by atoms with van der Waals surface area (Å²) in [6.45, 7) is 6.98. The van der Waals surface area contributed by atoms with Crippen LogP contribution in [0.5, 0.6) is 0 Å². The van der Waals surface area contributed by atoms with E-state index in [1.165, 1.54) is 6.07 Å². The minimum Gasteiger partial charge on any atom is -0.364 e. The average Bonchev–Trinajstić information content (AvgIpc) is 2.65. The monoisotopic (exact) mass is 456 g/mol. The number of rotatable bonds is 6. The predicted molar refractivity (Wildman–Crippen MR) is 123 cm³/mol. The molecular formula is C20H24F3N4OPS. The topological polar surface area (TPSA) is 65.8 Å². The van der Waals surface area contributed by atoms with Gasteiger partial charge in [-0.05, 0) is 69.6 Å². The van der Waals surface area contributed by atoms with Crippen LogP contribution >= 0.6 is 19.1 Å². The summed E-state index contributed by atoms with van der Waals surface area (Å²) < 4.78 is 53.5. The highest BCUT2D eigenvalue weighted by Crippen LogP contribution is 2.34. The molecule has 10 heteroatoms. The number of alkyl halides is 3. The van der Waals surface area contributed by atoms with Crippen molar-refractivity contribution in [2.45, 2.75) is 26.2 Å². The van der Waals surface area contributed by atoms with Crippen LogP contribution in [0.1, 0.15) is 19.4 Å². The molecule has 0 aromatic heterocycles. The number of hydrogen-bond donors (Lipinski definition) is 2. The summed E-state index contributed by atoms with van der Waals surface area (Å²) in [6.07, 6.45) is -3.19. The number of nitrogens with one attached hydrogen (secondary N) is 2. The molecule has 2 aromatic carbocycles. The van der Waals surface area contributed by atoms with E-state index in [-0.39, 0.29) is 6.17 Å². The van der Waals surface area contributed by atoms with Gasteiger partial charge in [-0.2, -0.15) is 13.2 Å². The van der Waals surface area contributed by atoms with Gasteiger partial charge in [0, 0.05) is 34.8 Å². The molecule has 1 atom stereocenters. The first-order valence-electron chi connectivity index (χ1n) is 9.08. The SMILES string of the molecule is C/C=N\C(=N/C(C)Nc1ccc(P(C)(C)=O)cc1)SNc1cccc(C(F)(F)F)c1. The Balaban J connectivity index is 2.05. The molecule has 162 valence electrons. The van der Waals surface area contributed by atoms with Crippen LogP contribution in [0.25, 0.3) is 0 Å². The maximum atomic E-state index is 12.9. The van der Waals surface area contributed by atoms with Crippen LogP contribution in [0.4, 0.5) is 24.5 Å². The van der Waals surface area contributed by atoms with Crippen molar-refractivity contribution in [3.63, 3.8) is 0 Å². The molecule has 0 aliphatic heterocycles. The fraction of sp³-hybridized carbons (Fsp3) is 0.300. The van der Waals surface area contributed by atoms with Crippen LogP contribution in [0.3, 0.4) is 0 Å². The smallest absolute Gasteiger partial charge is 0.364 e. The lowest BCUT2D eigenvalue weighted by atomic mass is 10.2. The molecule has 5 nitrogen and oxygen atoms in total. The van der Waals surface area contributed by atoms with Gasteiger partial charge in [-0.1, -0.05) is 6.07 Å². The van der Waals surface area contributed by atoms with Crippen LogP contribution in [-0.4, -0.2) is 30.9 Å². The number of amidine groups is 1. The summed E-state index contributed by atoms with van der Waals surface area (Å²) in [5, 5.41) is 4.35.